The monoisotopic (exact) mass is 604 g/mol. The average Bonchev–Trinajstić information content (AvgIpc) is 3.37. The van der Waals surface area contributed by atoms with Crippen molar-refractivity contribution in [3.8, 4) is 0 Å². The maximum atomic E-state index is 13.9. The van der Waals surface area contributed by atoms with Crippen molar-refractivity contribution in [1.82, 2.24) is 14.5 Å². The molecule has 0 unspecified atom stereocenters. The number of aromatic nitrogens is 2. The minimum Gasteiger partial charge on any atom is -0.384 e. The van der Waals surface area contributed by atoms with Crippen LogP contribution in [-0.4, -0.2) is 68.1 Å². The highest BCUT2D eigenvalue weighted by atomic mass is 32.2. The van der Waals surface area contributed by atoms with Crippen LogP contribution in [0, 0.1) is 5.41 Å². The maximum Gasteiger partial charge on any atom is 0.264 e. The van der Waals surface area contributed by atoms with E-state index in [-0.39, 0.29) is 10.7 Å². The van der Waals surface area contributed by atoms with Gasteiger partial charge in [-0.25, -0.2) is 13.4 Å². The Morgan fingerprint density at radius 2 is 1.67 bits per heavy atom. The molecular formula is C33H44N6O3S. The van der Waals surface area contributed by atoms with Gasteiger partial charge in [0.25, 0.3) is 10.0 Å². The molecule has 3 aromatic carbocycles. The fraction of sp³-hybridized carbons (Fsp3) is 0.394. The second-order valence-electron chi connectivity index (χ2n) is 10.4. The quantitative estimate of drug-likeness (QED) is 0.0988. The predicted octanol–water partition coefficient (Wildman–Crippen LogP) is 5.07. The molecule has 0 aliphatic rings. The van der Waals surface area contributed by atoms with Crippen molar-refractivity contribution >= 4 is 32.6 Å². The lowest BCUT2D eigenvalue weighted by Gasteiger charge is -2.27. The number of nitrogens with zero attached hydrogens (tertiary/aromatic N) is 4. The minimum atomic E-state index is -3.78. The zero-order valence-corrected chi connectivity index (χ0v) is 26.3. The zero-order chi connectivity index (χ0) is 30.8. The maximum absolute atomic E-state index is 13.9. The van der Waals surface area contributed by atoms with Gasteiger partial charge in [-0.05, 0) is 68.8 Å². The van der Waals surface area contributed by atoms with Crippen molar-refractivity contribution in [1.29, 1.82) is 5.41 Å². The lowest BCUT2D eigenvalue weighted by Crippen LogP contribution is -2.38. The Bertz CT molecular complexity index is 1580. The van der Waals surface area contributed by atoms with E-state index in [0.29, 0.717) is 44.0 Å². The van der Waals surface area contributed by atoms with E-state index >= 15 is 0 Å². The number of hydrogen-bond donors (Lipinski definition) is 2. The molecule has 0 radical (unpaired) electrons. The van der Waals surface area contributed by atoms with Crippen molar-refractivity contribution in [3.05, 3.63) is 89.7 Å². The van der Waals surface area contributed by atoms with Crippen LogP contribution in [0.2, 0.25) is 0 Å². The highest BCUT2D eigenvalue weighted by Crippen LogP contribution is 2.28. The zero-order valence-electron chi connectivity index (χ0n) is 25.5. The van der Waals surface area contributed by atoms with E-state index in [4.69, 9.17) is 20.9 Å². The van der Waals surface area contributed by atoms with E-state index in [0.717, 1.165) is 54.9 Å². The van der Waals surface area contributed by atoms with Crippen LogP contribution >= 0.6 is 0 Å². The van der Waals surface area contributed by atoms with Gasteiger partial charge in [0.2, 0.25) is 0 Å². The number of imidazole rings is 1. The Morgan fingerprint density at radius 3 is 2.33 bits per heavy atom. The Morgan fingerprint density at radius 1 is 0.953 bits per heavy atom. The molecule has 4 rings (SSSR count). The molecular weight excluding hydrogens is 560 g/mol. The fourth-order valence-electron chi connectivity index (χ4n) is 5.22. The Balaban J connectivity index is 1.69. The number of nitrogens with two attached hydrogens (primary N) is 1. The average molecular weight is 605 g/mol. The van der Waals surface area contributed by atoms with Gasteiger partial charge in [-0.15, -0.1) is 0 Å². The number of anilines is 1. The van der Waals surface area contributed by atoms with E-state index < -0.39 is 10.0 Å². The number of nitrogen functional groups attached to an aromatic ring is 1. The minimum absolute atomic E-state index is 0.0545. The molecule has 0 saturated heterocycles. The fourth-order valence-corrected chi connectivity index (χ4v) is 6.69. The molecule has 9 nitrogen and oxygen atoms in total. The Labute approximate surface area is 255 Å². The molecule has 0 aliphatic carbocycles. The predicted molar refractivity (Wildman–Crippen MR) is 174 cm³/mol. The number of likely N-dealkylation sites (N-methyl/N-ethyl adjacent to an activating group) is 1. The van der Waals surface area contributed by atoms with E-state index in [2.05, 4.69) is 23.3 Å². The standard InChI is InChI=1S/C33H44N6O3S/c1-4-37(5-2)22-23-39(43(40,41)29-11-8-7-9-12-29)28-18-19-31-30(25-28)36-32(38(31)21-10-24-42-6-3)20-15-26-13-16-27(17-14-26)33(34)35/h7-9,11-14,16-19,25H,4-6,10,15,20-24H2,1-3H3,(H3,34,35). The summed E-state index contributed by atoms with van der Waals surface area (Å²) in [4.78, 5) is 7.53. The molecule has 1 heterocycles. The summed E-state index contributed by atoms with van der Waals surface area (Å²) in [5, 5.41) is 7.64. The number of fused-ring (bicyclic) bond motifs is 1. The van der Waals surface area contributed by atoms with Gasteiger partial charge in [0, 0.05) is 44.8 Å². The van der Waals surface area contributed by atoms with Crippen LogP contribution in [0.1, 0.15) is 44.1 Å². The van der Waals surface area contributed by atoms with Gasteiger partial charge in [-0.1, -0.05) is 56.3 Å². The molecule has 230 valence electrons. The van der Waals surface area contributed by atoms with Crippen molar-refractivity contribution in [3.63, 3.8) is 0 Å². The van der Waals surface area contributed by atoms with Crippen molar-refractivity contribution in [2.24, 2.45) is 5.73 Å². The largest absolute Gasteiger partial charge is 0.384 e. The lowest BCUT2D eigenvalue weighted by molar-refractivity contribution is 0.141. The summed E-state index contributed by atoms with van der Waals surface area (Å²) in [5.74, 6) is 0.999. The first-order chi connectivity index (χ1) is 20.8. The molecule has 0 bridgehead atoms. The normalized spacial score (nSPS) is 11.8. The Kier molecular flexibility index (Phi) is 11.3. The topological polar surface area (TPSA) is 118 Å². The second kappa shape index (κ2) is 15.1. The summed E-state index contributed by atoms with van der Waals surface area (Å²) in [6.07, 6.45) is 2.34. The van der Waals surface area contributed by atoms with Gasteiger partial charge in [-0.2, -0.15) is 0 Å². The van der Waals surface area contributed by atoms with Crippen molar-refractivity contribution in [2.75, 3.05) is 43.7 Å². The first-order valence-electron chi connectivity index (χ1n) is 15.1. The molecule has 10 heteroatoms. The first kappa shape index (κ1) is 32.2. The Hall–Kier alpha value is -3.73. The van der Waals surface area contributed by atoms with Gasteiger partial charge < -0.3 is 19.9 Å². The summed E-state index contributed by atoms with van der Waals surface area (Å²) in [7, 11) is -3.78. The van der Waals surface area contributed by atoms with Gasteiger partial charge in [0.15, 0.2) is 0 Å². The van der Waals surface area contributed by atoms with E-state index in [1.54, 1.807) is 24.3 Å². The van der Waals surface area contributed by atoms with Crippen LogP contribution in [0.5, 0.6) is 0 Å². The number of rotatable bonds is 17. The van der Waals surface area contributed by atoms with Crippen LogP contribution in [0.3, 0.4) is 0 Å². The molecule has 4 aromatic rings. The number of ether oxygens (including phenoxy) is 1. The van der Waals surface area contributed by atoms with Gasteiger partial charge >= 0.3 is 0 Å². The number of nitrogens with one attached hydrogen (secondary N) is 1. The molecule has 1 aromatic heterocycles. The van der Waals surface area contributed by atoms with Gasteiger partial charge in [-0.3, -0.25) is 9.71 Å². The van der Waals surface area contributed by atoms with Crippen LogP contribution in [0.25, 0.3) is 11.0 Å². The van der Waals surface area contributed by atoms with Gasteiger partial charge in [0.1, 0.15) is 11.7 Å². The number of sulfonamides is 1. The molecule has 0 saturated carbocycles. The van der Waals surface area contributed by atoms with Crippen molar-refractivity contribution < 1.29 is 13.2 Å². The van der Waals surface area contributed by atoms with Gasteiger partial charge in [0.05, 0.1) is 21.6 Å². The van der Waals surface area contributed by atoms with E-state index in [1.165, 1.54) is 4.31 Å². The number of hydrogen-bond acceptors (Lipinski definition) is 6. The molecule has 43 heavy (non-hydrogen) atoms. The third-order valence-electron chi connectivity index (χ3n) is 7.72. The lowest BCUT2D eigenvalue weighted by atomic mass is 10.1. The molecule has 0 aliphatic heterocycles. The third kappa shape index (κ3) is 8.01. The number of amidine groups is 1. The van der Waals surface area contributed by atoms with E-state index in [1.807, 2.05) is 55.5 Å². The van der Waals surface area contributed by atoms with Crippen LogP contribution in [-0.2, 0) is 34.1 Å². The summed E-state index contributed by atoms with van der Waals surface area (Å²) in [5.41, 5.74) is 9.81. The summed E-state index contributed by atoms with van der Waals surface area (Å²) in [6.45, 7) is 10.9. The SMILES string of the molecule is CCOCCCn1c(CCc2ccc(C(=N)N)cc2)nc2cc(N(CCN(CC)CC)S(=O)(=O)c3ccccc3)ccc21. The summed E-state index contributed by atoms with van der Waals surface area (Å²) in [6, 6.07) is 22.2. The molecule has 0 spiro atoms. The highest BCUT2D eigenvalue weighted by molar-refractivity contribution is 7.92. The second-order valence-corrected chi connectivity index (χ2v) is 12.3. The van der Waals surface area contributed by atoms with Crippen LogP contribution in [0.4, 0.5) is 5.69 Å². The summed E-state index contributed by atoms with van der Waals surface area (Å²) < 4.78 is 37.2. The highest BCUT2D eigenvalue weighted by Gasteiger charge is 2.26. The number of aryl methyl sites for hydroxylation is 3. The van der Waals surface area contributed by atoms with Crippen molar-refractivity contribution in [2.45, 2.75) is 51.5 Å². The molecule has 0 fully saturated rings. The van der Waals surface area contributed by atoms with Crippen LogP contribution in [0.15, 0.2) is 77.7 Å². The smallest absolute Gasteiger partial charge is 0.264 e. The summed E-state index contributed by atoms with van der Waals surface area (Å²) >= 11 is 0. The molecule has 0 atom stereocenters. The number of benzene rings is 3. The van der Waals surface area contributed by atoms with E-state index in [9.17, 15) is 8.42 Å². The molecule has 0 amide bonds. The van der Waals surface area contributed by atoms with Crippen LogP contribution < -0.4 is 10.0 Å². The third-order valence-corrected chi connectivity index (χ3v) is 9.56. The first-order valence-corrected chi connectivity index (χ1v) is 16.5. The molecule has 3 N–H and O–H groups in total.